The van der Waals surface area contributed by atoms with Gasteiger partial charge >= 0.3 is 0 Å². The van der Waals surface area contributed by atoms with E-state index in [1.165, 1.54) is 38.4 Å². The average Bonchev–Trinajstić information content (AvgIpc) is 3.07. The number of nitrogens with zero attached hydrogens (tertiary/aromatic N) is 3. The quantitative estimate of drug-likeness (QED) is 0.847. The molecular weight excluding hydrogens is 312 g/mol. The predicted octanol–water partition coefficient (Wildman–Crippen LogP) is 1.21. The maximum atomic E-state index is 12.6. The first-order valence-corrected chi connectivity index (χ1v) is 10.2. The van der Waals surface area contributed by atoms with Crippen molar-refractivity contribution in [3.8, 4) is 0 Å². The Labute approximate surface area is 138 Å². The summed E-state index contributed by atoms with van der Waals surface area (Å²) in [7, 11) is -1.73. The van der Waals surface area contributed by atoms with Crippen LogP contribution in [0, 0.1) is 17.8 Å². The lowest BCUT2D eigenvalue weighted by Crippen LogP contribution is -2.41. The highest BCUT2D eigenvalue weighted by Gasteiger charge is 2.44. The minimum absolute atomic E-state index is 0.0367. The van der Waals surface area contributed by atoms with Gasteiger partial charge in [-0.25, -0.2) is 18.1 Å². The van der Waals surface area contributed by atoms with E-state index in [-0.39, 0.29) is 11.1 Å². The van der Waals surface area contributed by atoms with Gasteiger partial charge in [0.1, 0.15) is 0 Å². The Hall–Kier alpha value is -0.920. The predicted molar refractivity (Wildman–Crippen MR) is 87.3 cm³/mol. The summed E-state index contributed by atoms with van der Waals surface area (Å²) in [4.78, 5) is 6.49. The zero-order chi connectivity index (χ0) is 16.0. The Balaban J connectivity index is 1.45. The molecule has 0 amide bonds. The van der Waals surface area contributed by atoms with Crippen LogP contribution in [0.3, 0.4) is 0 Å². The molecule has 3 fully saturated rings. The van der Waals surface area contributed by atoms with Crippen LogP contribution >= 0.6 is 0 Å². The first-order chi connectivity index (χ1) is 11.0. The largest absolute Gasteiger partial charge is 0.339 e. The molecule has 1 N–H and O–H groups in total. The Morgan fingerprint density at radius 1 is 1.26 bits per heavy atom. The van der Waals surface area contributed by atoms with Crippen LogP contribution in [0.15, 0.2) is 17.6 Å². The van der Waals surface area contributed by atoms with Crippen LogP contribution in [0.25, 0.3) is 0 Å². The van der Waals surface area contributed by atoms with Crippen LogP contribution in [0.1, 0.15) is 32.1 Å². The molecule has 3 aliphatic rings. The van der Waals surface area contributed by atoms with Crippen molar-refractivity contribution in [1.29, 1.82) is 0 Å². The van der Waals surface area contributed by atoms with Gasteiger partial charge in [-0.15, -0.1) is 0 Å². The molecule has 0 radical (unpaired) electrons. The number of sulfonamides is 1. The van der Waals surface area contributed by atoms with Crippen LogP contribution in [-0.4, -0.2) is 48.5 Å². The first kappa shape index (κ1) is 15.6. The third-order valence-corrected chi connectivity index (χ3v) is 7.05. The van der Waals surface area contributed by atoms with Crippen molar-refractivity contribution >= 4 is 10.0 Å². The molecule has 23 heavy (non-hydrogen) atoms. The first-order valence-electron chi connectivity index (χ1n) is 8.74. The molecule has 128 valence electrons. The van der Waals surface area contributed by atoms with Crippen molar-refractivity contribution in [2.45, 2.75) is 43.2 Å². The number of hydrogen-bond donors (Lipinski definition) is 1. The van der Waals surface area contributed by atoms with Gasteiger partial charge in [0.05, 0.1) is 6.33 Å². The topological polar surface area (TPSA) is 67.2 Å². The lowest BCUT2D eigenvalue weighted by Gasteiger charge is -2.30. The van der Waals surface area contributed by atoms with E-state index < -0.39 is 10.0 Å². The average molecular weight is 338 g/mol. The summed E-state index contributed by atoms with van der Waals surface area (Å²) in [6.07, 6.45) is 9.65. The fourth-order valence-corrected chi connectivity index (χ4v) is 5.28. The fourth-order valence-electron chi connectivity index (χ4n) is 4.02. The van der Waals surface area contributed by atoms with Crippen LogP contribution in [-0.2, 0) is 17.1 Å². The maximum absolute atomic E-state index is 12.6. The molecule has 2 saturated carbocycles. The molecule has 1 aromatic rings. The molecule has 7 heteroatoms. The highest BCUT2D eigenvalue weighted by atomic mass is 32.2. The van der Waals surface area contributed by atoms with E-state index in [0.717, 1.165) is 25.6 Å². The SMILES string of the molecule is Cn1cnc(S(=O)(=O)N[C@H]2CN(CC3CCC3)C[C@@H]2C2CC2)c1. The summed E-state index contributed by atoms with van der Waals surface area (Å²) >= 11 is 0. The second-order valence-corrected chi connectivity index (χ2v) is 9.28. The molecule has 6 nitrogen and oxygen atoms in total. The van der Waals surface area contributed by atoms with E-state index >= 15 is 0 Å². The Morgan fingerprint density at radius 3 is 2.61 bits per heavy atom. The lowest BCUT2D eigenvalue weighted by molar-refractivity contribution is 0.198. The minimum atomic E-state index is -3.51. The number of likely N-dealkylation sites (tertiary alicyclic amines) is 1. The molecular formula is C16H26N4O2S. The van der Waals surface area contributed by atoms with E-state index in [1.54, 1.807) is 17.8 Å². The lowest BCUT2D eigenvalue weighted by atomic mass is 9.85. The van der Waals surface area contributed by atoms with Gasteiger partial charge in [0.25, 0.3) is 10.0 Å². The van der Waals surface area contributed by atoms with Gasteiger partial charge in [-0.2, -0.15) is 0 Å². The van der Waals surface area contributed by atoms with Gasteiger partial charge in [-0.1, -0.05) is 6.42 Å². The molecule has 2 heterocycles. The molecule has 1 saturated heterocycles. The zero-order valence-corrected chi connectivity index (χ0v) is 14.5. The van der Waals surface area contributed by atoms with Crippen molar-refractivity contribution in [2.75, 3.05) is 19.6 Å². The van der Waals surface area contributed by atoms with Gasteiger partial charge in [0.2, 0.25) is 0 Å². The van der Waals surface area contributed by atoms with Crippen LogP contribution in [0.4, 0.5) is 0 Å². The van der Waals surface area contributed by atoms with Crippen LogP contribution < -0.4 is 4.72 Å². The molecule has 4 rings (SSSR count). The van der Waals surface area contributed by atoms with E-state index in [4.69, 9.17) is 0 Å². The zero-order valence-electron chi connectivity index (χ0n) is 13.7. The highest BCUT2D eigenvalue weighted by molar-refractivity contribution is 7.89. The Kier molecular flexibility index (Phi) is 3.98. The van der Waals surface area contributed by atoms with Crippen molar-refractivity contribution in [3.63, 3.8) is 0 Å². The van der Waals surface area contributed by atoms with Crippen molar-refractivity contribution in [3.05, 3.63) is 12.5 Å². The summed E-state index contributed by atoms with van der Waals surface area (Å²) < 4.78 is 29.8. The number of rotatable bonds is 6. The van der Waals surface area contributed by atoms with Gasteiger partial charge in [-0.3, -0.25) is 0 Å². The molecule has 0 aromatic carbocycles. The maximum Gasteiger partial charge on any atom is 0.259 e. The molecule has 0 bridgehead atoms. The van der Waals surface area contributed by atoms with E-state index in [9.17, 15) is 8.42 Å². The fraction of sp³-hybridized carbons (Fsp3) is 0.812. The molecule has 0 spiro atoms. The number of aryl methyl sites for hydroxylation is 1. The summed E-state index contributed by atoms with van der Waals surface area (Å²) in [5, 5.41) is 0.131. The van der Waals surface area contributed by atoms with E-state index in [1.807, 2.05) is 0 Å². The van der Waals surface area contributed by atoms with Gasteiger partial charge in [0.15, 0.2) is 5.03 Å². The number of imidazole rings is 1. The molecule has 2 atom stereocenters. The van der Waals surface area contributed by atoms with Gasteiger partial charge in [-0.05, 0) is 43.4 Å². The van der Waals surface area contributed by atoms with Gasteiger partial charge in [0, 0.05) is 38.9 Å². The van der Waals surface area contributed by atoms with E-state index in [0.29, 0.717) is 11.8 Å². The standard InChI is InChI=1S/C16H26N4O2S/c1-19-10-16(17-11-19)23(21,22)18-15-9-20(7-12-3-2-4-12)8-14(15)13-5-6-13/h10-15,18H,2-9H2,1H3/t14-,15+/m1/s1. The van der Waals surface area contributed by atoms with Gasteiger partial charge < -0.3 is 9.47 Å². The smallest absolute Gasteiger partial charge is 0.259 e. The summed E-state index contributed by atoms with van der Waals surface area (Å²) in [6, 6.07) is 0.0367. The third-order valence-electron chi connectivity index (χ3n) is 5.67. The van der Waals surface area contributed by atoms with E-state index in [2.05, 4.69) is 14.6 Å². The monoisotopic (exact) mass is 338 g/mol. The Bertz CT molecular complexity index is 663. The number of nitrogens with one attached hydrogen (secondary N) is 1. The van der Waals surface area contributed by atoms with Crippen molar-refractivity contribution in [2.24, 2.45) is 24.8 Å². The highest BCUT2D eigenvalue weighted by Crippen LogP contribution is 2.42. The molecule has 1 aromatic heterocycles. The second-order valence-electron chi connectivity index (χ2n) is 7.62. The normalized spacial score (nSPS) is 29.8. The molecule has 2 aliphatic carbocycles. The summed E-state index contributed by atoms with van der Waals surface area (Å²) in [5.74, 6) is 2.01. The van der Waals surface area contributed by atoms with Crippen molar-refractivity contribution < 1.29 is 8.42 Å². The number of hydrogen-bond acceptors (Lipinski definition) is 4. The second kappa shape index (κ2) is 5.86. The minimum Gasteiger partial charge on any atom is -0.339 e. The van der Waals surface area contributed by atoms with Crippen molar-refractivity contribution in [1.82, 2.24) is 19.2 Å². The number of aromatic nitrogens is 2. The summed E-state index contributed by atoms with van der Waals surface area (Å²) in [5.41, 5.74) is 0. The van der Waals surface area contributed by atoms with Crippen LogP contribution in [0.5, 0.6) is 0 Å². The Morgan fingerprint density at radius 2 is 2.04 bits per heavy atom. The molecule has 0 unspecified atom stereocenters. The van der Waals surface area contributed by atoms with Crippen LogP contribution in [0.2, 0.25) is 0 Å². The summed E-state index contributed by atoms with van der Waals surface area (Å²) in [6.45, 7) is 3.05. The third kappa shape index (κ3) is 3.32. The molecule has 1 aliphatic heterocycles.